The Hall–Kier alpha value is -1.02. The van der Waals surface area contributed by atoms with Crippen LogP contribution in [0.1, 0.15) is 50.5 Å². The van der Waals surface area contributed by atoms with Gasteiger partial charge in [-0.05, 0) is 48.8 Å². The number of rotatable bonds is 5. The van der Waals surface area contributed by atoms with Gasteiger partial charge in [0.2, 0.25) is 0 Å². The molecule has 3 heteroatoms. The van der Waals surface area contributed by atoms with Crippen LogP contribution in [0.2, 0.25) is 5.02 Å². The smallest absolute Gasteiger partial charge is 0.305 e. The van der Waals surface area contributed by atoms with Gasteiger partial charge in [-0.25, -0.2) is 0 Å². The van der Waals surface area contributed by atoms with E-state index in [9.17, 15) is 4.79 Å². The van der Waals surface area contributed by atoms with Crippen molar-refractivity contribution in [2.75, 3.05) is 6.61 Å². The molecule has 0 spiro atoms. The number of hydrogen-bond acceptors (Lipinski definition) is 2. The molecule has 0 bridgehead atoms. The highest BCUT2D eigenvalue weighted by Crippen LogP contribution is 2.41. The Bertz CT molecular complexity index is 431. The van der Waals surface area contributed by atoms with Crippen LogP contribution in [-0.2, 0) is 9.53 Å². The molecule has 0 N–H and O–H groups in total. The van der Waals surface area contributed by atoms with Crippen LogP contribution in [0.3, 0.4) is 0 Å². The quantitative estimate of drug-likeness (QED) is 0.739. The Morgan fingerprint density at radius 3 is 3.00 bits per heavy atom. The highest BCUT2D eigenvalue weighted by molar-refractivity contribution is 6.30. The Balaban J connectivity index is 1.92. The van der Waals surface area contributed by atoms with Gasteiger partial charge in [-0.2, -0.15) is 0 Å². The molecular formula is C16H21ClO2. The van der Waals surface area contributed by atoms with E-state index in [1.807, 2.05) is 19.1 Å². The lowest BCUT2D eigenvalue weighted by molar-refractivity contribution is -0.143. The van der Waals surface area contributed by atoms with Crippen LogP contribution >= 0.6 is 11.6 Å². The predicted molar refractivity (Wildman–Crippen MR) is 77.4 cm³/mol. The first kappa shape index (κ1) is 14.4. The molecule has 0 heterocycles. The molecule has 104 valence electrons. The number of esters is 1. The zero-order valence-corrected chi connectivity index (χ0v) is 12.2. The maximum absolute atomic E-state index is 11.1. The topological polar surface area (TPSA) is 26.3 Å². The molecular weight excluding hydrogens is 260 g/mol. The number of carbonyl (C=O) groups excluding carboxylic acids is 1. The van der Waals surface area contributed by atoms with Gasteiger partial charge in [-0.3, -0.25) is 4.79 Å². The third kappa shape index (κ3) is 3.97. The van der Waals surface area contributed by atoms with Crippen LogP contribution < -0.4 is 0 Å². The predicted octanol–water partition coefficient (Wildman–Crippen LogP) is 4.57. The second-order valence-electron chi connectivity index (χ2n) is 5.22. The molecule has 1 aliphatic rings. The molecule has 1 fully saturated rings. The van der Waals surface area contributed by atoms with Gasteiger partial charge in [0.05, 0.1) is 6.61 Å². The van der Waals surface area contributed by atoms with E-state index >= 15 is 0 Å². The van der Waals surface area contributed by atoms with Crippen molar-refractivity contribution in [2.24, 2.45) is 5.92 Å². The van der Waals surface area contributed by atoms with Crippen LogP contribution in [0.5, 0.6) is 0 Å². The normalized spacial score (nSPS) is 22.4. The van der Waals surface area contributed by atoms with E-state index < -0.39 is 0 Å². The third-order valence-electron chi connectivity index (χ3n) is 3.98. The fourth-order valence-corrected chi connectivity index (χ4v) is 3.18. The first-order chi connectivity index (χ1) is 9.20. The van der Waals surface area contributed by atoms with E-state index in [-0.39, 0.29) is 5.97 Å². The van der Waals surface area contributed by atoms with Crippen LogP contribution in [0, 0.1) is 5.92 Å². The first-order valence-electron chi connectivity index (χ1n) is 7.11. The number of ether oxygens (including phenoxy) is 1. The summed E-state index contributed by atoms with van der Waals surface area (Å²) in [6.07, 6.45) is 5.11. The number of halogens is 1. The molecule has 1 aromatic carbocycles. The third-order valence-corrected chi connectivity index (χ3v) is 4.21. The van der Waals surface area contributed by atoms with Crippen molar-refractivity contribution in [3.8, 4) is 0 Å². The SMILES string of the molecule is CCC(=O)OCCC1CCCC1c1cccc(Cl)c1. The lowest BCUT2D eigenvalue weighted by atomic mass is 9.87. The van der Waals surface area contributed by atoms with Gasteiger partial charge < -0.3 is 4.74 Å². The fraction of sp³-hybridized carbons (Fsp3) is 0.562. The summed E-state index contributed by atoms with van der Waals surface area (Å²) in [6, 6.07) is 8.16. The highest BCUT2D eigenvalue weighted by atomic mass is 35.5. The molecule has 0 aliphatic heterocycles. The molecule has 1 aromatic rings. The van der Waals surface area contributed by atoms with Crippen LogP contribution in [0.15, 0.2) is 24.3 Å². The van der Waals surface area contributed by atoms with Crippen LogP contribution in [-0.4, -0.2) is 12.6 Å². The van der Waals surface area contributed by atoms with Gasteiger partial charge >= 0.3 is 5.97 Å². The van der Waals surface area contributed by atoms with Crippen molar-refractivity contribution < 1.29 is 9.53 Å². The highest BCUT2D eigenvalue weighted by Gasteiger charge is 2.28. The van der Waals surface area contributed by atoms with Crippen molar-refractivity contribution in [1.82, 2.24) is 0 Å². The first-order valence-corrected chi connectivity index (χ1v) is 7.49. The Labute approximate surface area is 120 Å². The van der Waals surface area contributed by atoms with E-state index in [4.69, 9.17) is 16.3 Å². The van der Waals surface area contributed by atoms with Gasteiger partial charge in [0, 0.05) is 11.4 Å². The largest absolute Gasteiger partial charge is 0.466 e. The van der Waals surface area contributed by atoms with Gasteiger partial charge in [-0.1, -0.05) is 37.1 Å². The molecule has 19 heavy (non-hydrogen) atoms. The minimum atomic E-state index is -0.0997. The monoisotopic (exact) mass is 280 g/mol. The summed E-state index contributed by atoms with van der Waals surface area (Å²) in [5.41, 5.74) is 1.33. The maximum Gasteiger partial charge on any atom is 0.305 e. The standard InChI is InChI=1S/C16H21ClO2/c1-2-16(18)19-10-9-12-5-4-8-15(12)13-6-3-7-14(17)11-13/h3,6-7,11-12,15H,2,4-5,8-10H2,1H3. The van der Waals surface area contributed by atoms with E-state index in [0.29, 0.717) is 24.9 Å². The summed E-state index contributed by atoms with van der Waals surface area (Å²) in [4.78, 5) is 11.1. The van der Waals surface area contributed by atoms with Crippen LogP contribution in [0.25, 0.3) is 0 Å². The maximum atomic E-state index is 11.1. The minimum Gasteiger partial charge on any atom is -0.466 e. The number of benzene rings is 1. The molecule has 1 aliphatic carbocycles. The molecule has 2 nitrogen and oxygen atoms in total. The van der Waals surface area contributed by atoms with Crippen molar-refractivity contribution in [2.45, 2.75) is 44.9 Å². The van der Waals surface area contributed by atoms with E-state index in [1.54, 1.807) is 0 Å². The van der Waals surface area contributed by atoms with Crippen molar-refractivity contribution in [3.63, 3.8) is 0 Å². The second kappa shape index (κ2) is 6.95. The van der Waals surface area contributed by atoms with E-state index in [0.717, 1.165) is 11.4 Å². The van der Waals surface area contributed by atoms with Gasteiger partial charge in [0.1, 0.15) is 0 Å². The Morgan fingerprint density at radius 2 is 2.26 bits per heavy atom. The molecule has 2 atom stereocenters. The second-order valence-corrected chi connectivity index (χ2v) is 5.65. The summed E-state index contributed by atoms with van der Waals surface area (Å²) in [6.45, 7) is 2.38. The number of hydrogen-bond donors (Lipinski definition) is 0. The molecule has 1 saturated carbocycles. The molecule has 0 aromatic heterocycles. The zero-order valence-electron chi connectivity index (χ0n) is 11.4. The van der Waals surface area contributed by atoms with Crippen molar-refractivity contribution in [1.29, 1.82) is 0 Å². The Kier molecular flexibility index (Phi) is 5.26. The summed E-state index contributed by atoms with van der Waals surface area (Å²) in [5, 5.41) is 0.806. The summed E-state index contributed by atoms with van der Waals surface area (Å²) >= 11 is 6.07. The lowest BCUT2D eigenvalue weighted by Crippen LogP contribution is -2.12. The van der Waals surface area contributed by atoms with Crippen molar-refractivity contribution in [3.05, 3.63) is 34.9 Å². The molecule has 2 rings (SSSR count). The summed E-state index contributed by atoms with van der Waals surface area (Å²) in [7, 11) is 0. The zero-order chi connectivity index (χ0) is 13.7. The van der Waals surface area contributed by atoms with E-state index in [2.05, 4.69) is 12.1 Å². The molecule has 0 saturated heterocycles. The molecule has 2 unspecified atom stereocenters. The lowest BCUT2D eigenvalue weighted by Gasteiger charge is -2.20. The fourth-order valence-electron chi connectivity index (χ4n) is 2.98. The van der Waals surface area contributed by atoms with Crippen molar-refractivity contribution >= 4 is 17.6 Å². The number of carbonyl (C=O) groups is 1. The average molecular weight is 281 g/mol. The molecule has 0 amide bonds. The van der Waals surface area contributed by atoms with Crippen LogP contribution in [0.4, 0.5) is 0 Å². The van der Waals surface area contributed by atoms with Gasteiger partial charge in [-0.15, -0.1) is 0 Å². The van der Waals surface area contributed by atoms with Gasteiger partial charge in [0.15, 0.2) is 0 Å². The molecule has 0 radical (unpaired) electrons. The summed E-state index contributed by atoms with van der Waals surface area (Å²) < 4.78 is 5.20. The summed E-state index contributed by atoms with van der Waals surface area (Å²) in [5.74, 6) is 1.08. The average Bonchev–Trinajstić information content (AvgIpc) is 2.87. The van der Waals surface area contributed by atoms with E-state index in [1.165, 1.54) is 24.8 Å². The minimum absolute atomic E-state index is 0.0997. The van der Waals surface area contributed by atoms with Gasteiger partial charge in [0.25, 0.3) is 0 Å². The Morgan fingerprint density at radius 1 is 1.42 bits per heavy atom.